The number of aryl methyl sites for hydroxylation is 1. The molecule has 0 aromatic heterocycles. The third-order valence-corrected chi connectivity index (χ3v) is 3.76. The summed E-state index contributed by atoms with van der Waals surface area (Å²) in [5.41, 5.74) is 3.13. The first kappa shape index (κ1) is 16.2. The zero-order valence-electron chi connectivity index (χ0n) is 13.8. The van der Waals surface area contributed by atoms with E-state index in [-0.39, 0.29) is 11.9 Å². The SMILES string of the molecule is CCN(C(=O)C(c1ccccc1)N(C)C)c1cccc(C)c1. The Kier molecular flexibility index (Phi) is 5.34. The van der Waals surface area contributed by atoms with Gasteiger partial charge in [-0.2, -0.15) is 0 Å². The van der Waals surface area contributed by atoms with E-state index in [1.165, 1.54) is 0 Å². The molecule has 0 spiro atoms. The number of hydrogen-bond acceptors (Lipinski definition) is 2. The Bertz CT molecular complexity index is 622. The Morgan fingerprint density at radius 1 is 1.05 bits per heavy atom. The predicted octanol–water partition coefficient (Wildman–Crippen LogP) is 3.65. The van der Waals surface area contributed by atoms with Crippen molar-refractivity contribution in [3.63, 3.8) is 0 Å². The molecule has 2 aromatic rings. The summed E-state index contributed by atoms with van der Waals surface area (Å²) in [6.07, 6.45) is 0. The molecule has 0 saturated carbocycles. The van der Waals surface area contributed by atoms with Crippen LogP contribution in [0.2, 0.25) is 0 Å². The average molecular weight is 296 g/mol. The molecule has 0 aliphatic rings. The minimum absolute atomic E-state index is 0.101. The fourth-order valence-electron chi connectivity index (χ4n) is 2.71. The number of hydrogen-bond donors (Lipinski definition) is 0. The number of likely N-dealkylation sites (N-methyl/N-ethyl adjacent to an activating group) is 2. The predicted molar refractivity (Wildman–Crippen MR) is 92.1 cm³/mol. The van der Waals surface area contributed by atoms with E-state index in [1.807, 2.05) is 86.3 Å². The molecule has 0 radical (unpaired) electrons. The molecule has 0 fully saturated rings. The summed E-state index contributed by atoms with van der Waals surface area (Å²) in [5.74, 6) is 0.101. The van der Waals surface area contributed by atoms with Crippen molar-refractivity contribution in [2.24, 2.45) is 0 Å². The maximum atomic E-state index is 13.1. The van der Waals surface area contributed by atoms with E-state index in [9.17, 15) is 4.79 Å². The van der Waals surface area contributed by atoms with Gasteiger partial charge in [0.25, 0.3) is 0 Å². The first-order chi connectivity index (χ1) is 10.5. The van der Waals surface area contributed by atoms with Crippen LogP contribution >= 0.6 is 0 Å². The van der Waals surface area contributed by atoms with Gasteiger partial charge in [-0.05, 0) is 51.2 Å². The molecule has 0 bridgehead atoms. The lowest BCUT2D eigenvalue weighted by molar-refractivity contribution is -0.123. The van der Waals surface area contributed by atoms with Gasteiger partial charge < -0.3 is 4.90 Å². The molecule has 3 nitrogen and oxygen atoms in total. The minimum atomic E-state index is -0.276. The van der Waals surface area contributed by atoms with Gasteiger partial charge in [0.15, 0.2) is 0 Å². The molecule has 0 heterocycles. The maximum absolute atomic E-state index is 13.1. The second-order valence-corrected chi connectivity index (χ2v) is 5.70. The summed E-state index contributed by atoms with van der Waals surface area (Å²) in [7, 11) is 3.89. The highest BCUT2D eigenvalue weighted by Crippen LogP contribution is 2.25. The fourth-order valence-corrected chi connectivity index (χ4v) is 2.71. The summed E-state index contributed by atoms with van der Waals surface area (Å²) >= 11 is 0. The number of benzene rings is 2. The zero-order chi connectivity index (χ0) is 16.1. The lowest BCUT2D eigenvalue weighted by Gasteiger charge is -2.30. The van der Waals surface area contributed by atoms with Crippen LogP contribution in [0, 0.1) is 6.92 Å². The van der Waals surface area contributed by atoms with E-state index in [4.69, 9.17) is 0 Å². The molecule has 0 saturated heterocycles. The lowest BCUT2D eigenvalue weighted by Crippen LogP contribution is -2.40. The van der Waals surface area contributed by atoms with Crippen molar-refractivity contribution < 1.29 is 4.79 Å². The maximum Gasteiger partial charge on any atom is 0.248 e. The second kappa shape index (κ2) is 7.23. The van der Waals surface area contributed by atoms with Gasteiger partial charge >= 0.3 is 0 Å². The fraction of sp³-hybridized carbons (Fsp3) is 0.316. The third kappa shape index (κ3) is 3.55. The molecule has 0 aliphatic carbocycles. The van der Waals surface area contributed by atoms with Crippen LogP contribution in [0.1, 0.15) is 24.1 Å². The third-order valence-electron chi connectivity index (χ3n) is 3.76. The second-order valence-electron chi connectivity index (χ2n) is 5.70. The molecular weight excluding hydrogens is 272 g/mol. The van der Waals surface area contributed by atoms with Crippen LogP contribution < -0.4 is 4.90 Å². The van der Waals surface area contributed by atoms with Gasteiger partial charge in [0.2, 0.25) is 5.91 Å². The quantitative estimate of drug-likeness (QED) is 0.841. The van der Waals surface area contributed by atoms with Gasteiger partial charge in [0.1, 0.15) is 6.04 Å². The normalized spacial score (nSPS) is 12.2. The van der Waals surface area contributed by atoms with E-state index in [1.54, 1.807) is 0 Å². The van der Waals surface area contributed by atoms with E-state index in [0.717, 1.165) is 16.8 Å². The van der Waals surface area contributed by atoms with E-state index in [0.29, 0.717) is 6.54 Å². The first-order valence-electron chi connectivity index (χ1n) is 7.64. The Hall–Kier alpha value is -2.13. The molecule has 3 heteroatoms. The number of anilines is 1. The highest BCUT2D eigenvalue weighted by Gasteiger charge is 2.27. The van der Waals surface area contributed by atoms with Crippen LogP contribution in [0.3, 0.4) is 0 Å². The van der Waals surface area contributed by atoms with Crippen LogP contribution in [0.25, 0.3) is 0 Å². The van der Waals surface area contributed by atoms with Gasteiger partial charge in [-0.15, -0.1) is 0 Å². The van der Waals surface area contributed by atoms with E-state index < -0.39 is 0 Å². The number of carbonyl (C=O) groups excluding carboxylic acids is 1. The number of amides is 1. The van der Waals surface area contributed by atoms with Crippen LogP contribution in [0.4, 0.5) is 5.69 Å². The Morgan fingerprint density at radius 3 is 2.27 bits per heavy atom. The van der Waals surface area contributed by atoms with Gasteiger partial charge in [0.05, 0.1) is 0 Å². The van der Waals surface area contributed by atoms with Crippen molar-refractivity contribution in [3.8, 4) is 0 Å². The summed E-state index contributed by atoms with van der Waals surface area (Å²) in [4.78, 5) is 16.9. The van der Waals surface area contributed by atoms with Crippen molar-refractivity contribution in [2.75, 3.05) is 25.5 Å². The van der Waals surface area contributed by atoms with Crippen molar-refractivity contribution in [1.82, 2.24) is 4.90 Å². The molecule has 1 atom stereocenters. The number of carbonyl (C=O) groups is 1. The van der Waals surface area contributed by atoms with Crippen molar-refractivity contribution in [3.05, 3.63) is 65.7 Å². The summed E-state index contributed by atoms with van der Waals surface area (Å²) in [6.45, 7) is 4.71. The topological polar surface area (TPSA) is 23.6 Å². The summed E-state index contributed by atoms with van der Waals surface area (Å²) in [5, 5.41) is 0. The van der Waals surface area contributed by atoms with Gasteiger partial charge in [-0.1, -0.05) is 42.5 Å². The standard InChI is InChI=1S/C19H24N2O/c1-5-21(17-13-9-10-15(2)14-17)19(22)18(20(3)4)16-11-7-6-8-12-16/h6-14,18H,5H2,1-4H3. The van der Waals surface area contributed by atoms with E-state index >= 15 is 0 Å². The lowest BCUT2D eigenvalue weighted by atomic mass is 10.0. The van der Waals surface area contributed by atoms with Crippen LogP contribution in [-0.4, -0.2) is 31.4 Å². The molecule has 22 heavy (non-hydrogen) atoms. The molecule has 1 amide bonds. The van der Waals surface area contributed by atoms with Gasteiger partial charge in [-0.25, -0.2) is 0 Å². The Labute approximate surface area is 133 Å². The van der Waals surface area contributed by atoms with Crippen molar-refractivity contribution in [1.29, 1.82) is 0 Å². The molecule has 116 valence electrons. The minimum Gasteiger partial charge on any atom is -0.311 e. The zero-order valence-corrected chi connectivity index (χ0v) is 13.8. The molecule has 2 aromatic carbocycles. The largest absolute Gasteiger partial charge is 0.311 e. The van der Waals surface area contributed by atoms with Crippen LogP contribution in [0.15, 0.2) is 54.6 Å². The molecular formula is C19H24N2O. The average Bonchev–Trinajstić information content (AvgIpc) is 2.49. The molecule has 0 N–H and O–H groups in total. The van der Waals surface area contributed by atoms with Crippen molar-refractivity contribution >= 4 is 11.6 Å². The van der Waals surface area contributed by atoms with Gasteiger partial charge in [-0.3, -0.25) is 9.69 Å². The highest BCUT2D eigenvalue weighted by atomic mass is 16.2. The number of nitrogens with zero attached hydrogens (tertiary/aromatic N) is 2. The summed E-state index contributed by atoms with van der Waals surface area (Å²) < 4.78 is 0. The highest BCUT2D eigenvalue weighted by molar-refractivity contribution is 5.97. The monoisotopic (exact) mass is 296 g/mol. The Balaban J connectivity index is 2.37. The van der Waals surface area contributed by atoms with E-state index in [2.05, 4.69) is 6.07 Å². The van der Waals surface area contributed by atoms with Gasteiger partial charge in [0, 0.05) is 12.2 Å². The van der Waals surface area contributed by atoms with Crippen molar-refractivity contribution in [2.45, 2.75) is 19.9 Å². The first-order valence-corrected chi connectivity index (χ1v) is 7.64. The molecule has 2 rings (SSSR count). The summed E-state index contributed by atoms with van der Waals surface area (Å²) in [6, 6.07) is 17.7. The van der Waals surface area contributed by atoms with Crippen LogP contribution in [-0.2, 0) is 4.79 Å². The number of rotatable bonds is 5. The van der Waals surface area contributed by atoms with Crippen LogP contribution in [0.5, 0.6) is 0 Å². The smallest absolute Gasteiger partial charge is 0.248 e. The molecule has 1 unspecified atom stereocenters. The molecule has 0 aliphatic heterocycles. The Morgan fingerprint density at radius 2 is 1.73 bits per heavy atom.